The van der Waals surface area contributed by atoms with Crippen molar-refractivity contribution < 1.29 is 4.79 Å². The molecule has 1 aliphatic heterocycles. The molecule has 0 bridgehead atoms. The number of rotatable bonds is 4. The van der Waals surface area contributed by atoms with Gasteiger partial charge in [0, 0.05) is 49.6 Å². The fourth-order valence-electron chi connectivity index (χ4n) is 3.27. The Hall–Kier alpha value is -3.03. The maximum absolute atomic E-state index is 12.4. The minimum atomic E-state index is -0.244. The van der Waals surface area contributed by atoms with Crippen LogP contribution >= 0.6 is 0 Å². The molecule has 0 aliphatic carbocycles. The summed E-state index contributed by atoms with van der Waals surface area (Å²) in [4.78, 5) is 27.1. The molecule has 0 aromatic carbocycles. The highest BCUT2D eigenvalue weighted by molar-refractivity contribution is 5.90. The average Bonchev–Trinajstić information content (AvgIpc) is 3.13. The van der Waals surface area contributed by atoms with Gasteiger partial charge < -0.3 is 10.2 Å². The van der Waals surface area contributed by atoms with Gasteiger partial charge in [0.1, 0.15) is 0 Å². The quantitative estimate of drug-likeness (QED) is 0.766. The van der Waals surface area contributed by atoms with Crippen LogP contribution in [0.25, 0.3) is 5.78 Å². The molecule has 1 saturated heterocycles. The molecule has 4 heterocycles. The summed E-state index contributed by atoms with van der Waals surface area (Å²) in [5.74, 6) is 0.835. The summed E-state index contributed by atoms with van der Waals surface area (Å²) in [5, 5.41) is 7.21. The molecule has 3 aromatic heterocycles. The number of amides is 1. The second-order valence-corrected chi connectivity index (χ2v) is 6.58. The molecule has 0 unspecified atom stereocenters. The second kappa shape index (κ2) is 7.07. The summed E-state index contributed by atoms with van der Waals surface area (Å²) >= 11 is 0. The van der Waals surface area contributed by atoms with Crippen molar-refractivity contribution in [2.45, 2.75) is 19.8 Å². The molecule has 0 spiro atoms. The van der Waals surface area contributed by atoms with Crippen molar-refractivity contribution in [3.05, 3.63) is 48.3 Å². The Labute approximate surface area is 151 Å². The summed E-state index contributed by atoms with van der Waals surface area (Å²) in [6.07, 6.45) is 7.39. The molecule has 1 amide bonds. The van der Waals surface area contributed by atoms with Gasteiger partial charge >= 0.3 is 0 Å². The fraction of sp³-hybridized carbons (Fsp3) is 0.389. The lowest BCUT2D eigenvalue weighted by Crippen LogP contribution is -2.38. The van der Waals surface area contributed by atoms with E-state index in [0.29, 0.717) is 18.2 Å². The Morgan fingerprint density at radius 1 is 1.19 bits per heavy atom. The van der Waals surface area contributed by atoms with E-state index in [0.717, 1.165) is 31.6 Å². The molecule has 8 heteroatoms. The molecule has 0 radical (unpaired) electrons. The van der Waals surface area contributed by atoms with Gasteiger partial charge in [0.2, 0.25) is 5.82 Å². The van der Waals surface area contributed by atoms with Gasteiger partial charge in [-0.2, -0.15) is 4.98 Å². The highest BCUT2D eigenvalue weighted by Gasteiger charge is 2.21. The van der Waals surface area contributed by atoms with Crippen LogP contribution in [-0.2, 0) is 0 Å². The Morgan fingerprint density at radius 2 is 1.96 bits per heavy atom. The fourth-order valence-corrected chi connectivity index (χ4v) is 3.27. The number of aromatic nitrogens is 5. The van der Waals surface area contributed by atoms with Crippen molar-refractivity contribution in [1.29, 1.82) is 0 Å². The topological polar surface area (TPSA) is 88.3 Å². The number of aryl methyl sites for hydroxylation is 1. The van der Waals surface area contributed by atoms with Crippen molar-refractivity contribution in [1.82, 2.24) is 29.9 Å². The van der Waals surface area contributed by atoms with E-state index < -0.39 is 0 Å². The Morgan fingerprint density at radius 3 is 2.69 bits per heavy atom. The predicted molar refractivity (Wildman–Crippen MR) is 97.0 cm³/mol. The lowest BCUT2D eigenvalue weighted by atomic mass is 9.96. The summed E-state index contributed by atoms with van der Waals surface area (Å²) in [6.45, 7) is 4.52. The number of carbonyl (C=O) groups excluding carboxylic acids is 1. The van der Waals surface area contributed by atoms with Crippen LogP contribution in [0.3, 0.4) is 0 Å². The maximum atomic E-state index is 12.4. The van der Waals surface area contributed by atoms with Crippen LogP contribution in [0.1, 0.15) is 29.2 Å². The molecular formula is C18H21N7O. The highest BCUT2D eigenvalue weighted by Crippen LogP contribution is 2.22. The van der Waals surface area contributed by atoms with Crippen LogP contribution in [-0.4, -0.2) is 50.1 Å². The Kier molecular flexibility index (Phi) is 4.47. The second-order valence-electron chi connectivity index (χ2n) is 6.58. The van der Waals surface area contributed by atoms with Gasteiger partial charge in [0.15, 0.2) is 0 Å². The molecule has 1 aliphatic rings. The number of nitrogens with zero attached hydrogens (tertiary/aromatic N) is 6. The van der Waals surface area contributed by atoms with E-state index in [9.17, 15) is 4.79 Å². The van der Waals surface area contributed by atoms with Gasteiger partial charge in [-0.15, -0.1) is 5.10 Å². The third-order valence-corrected chi connectivity index (χ3v) is 4.83. The van der Waals surface area contributed by atoms with E-state index in [1.165, 1.54) is 5.69 Å². The van der Waals surface area contributed by atoms with Gasteiger partial charge in [-0.25, -0.2) is 9.50 Å². The molecule has 26 heavy (non-hydrogen) atoms. The first-order valence-electron chi connectivity index (χ1n) is 8.82. The lowest BCUT2D eigenvalue weighted by molar-refractivity contribution is 0.0934. The monoisotopic (exact) mass is 351 g/mol. The normalized spacial score (nSPS) is 15.3. The molecular weight excluding hydrogens is 330 g/mol. The van der Waals surface area contributed by atoms with E-state index in [4.69, 9.17) is 0 Å². The first kappa shape index (κ1) is 16.4. The third kappa shape index (κ3) is 3.35. The van der Waals surface area contributed by atoms with E-state index >= 15 is 0 Å². The Bertz CT molecular complexity index is 900. The molecule has 4 rings (SSSR count). The molecule has 134 valence electrons. The molecule has 0 atom stereocenters. The molecule has 1 N–H and O–H groups in total. The van der Waals surface area contributed by atoms with E-state index in [1.807, 2.05) is 37.5 Å². The number of piperidine rings is 1. The molecule has 3 aromatic rings. The van der Waals surface area contributed by atoms with Crippen LogP contribution in [0.2, 0.25) is 0 Å². The van der Waals surface area contributed by atoms with Gasteiger partial charge in [-0.3, -0.25) is 9.78 Å². The Balaban J connectivity index is 1.31. The number of hydrogen-bond acceptors (Lipinski definition) is 6. The highest BCUT2D eigenvalue weighted by atomic mass is 16.2. The van der Waals surface area contributed by atoms with Crippen molar-refractivity contribution in [3.63, 3.8) is 0 Å². The first-order valence-corrected chi connectivity index (χ1v) is 8.82. The maximum Gasteiger partial charge on any atom is 0.291 e. The smallest absolute Gasteiger partial charge is 0.291 e. The average molecular weight is 351 g/mol. The number of carbonyl (C=O) groups is 1. The molecule has 8 nitrogen and oxygen atoms in total. The van der Waals surface area contributed by atoms with Crippen LogP contribution in [0.5, 0.6) is 0 Å². The van der Waals surface area contributed by atoms with Crippen molar-refractivity contribution >= 4 is 17.4 Å². The van der Waals surface area contributed by atoms with Crippen molar-refractivity contribution in [3.8, 4) is 0 Å². The number of fused-ring (bicyclic) bond motifs is 1. The summed E-state index contributed by atoms with van der Waals surface area (Å²) < 4.78 is 1.59. The zero-order valence-corrected chi connectivity index (χ0v) is 14.7. The van der Waals surface area contributed by atoms with E-state index in [2.05, 4.69) is 30.3 Å². The number of anilines is 1. The zero-order valence-electron chi connectivity index (χ0n) is 14.7. The summed E-state index contributed by atoms with van der Waals surface area (Å²) in [6, 6.07) is 5.90. The first-order chi connectivity index (χ1) is 12.7. The number of nitrogens with one attached hydrogen (secondary N) is 1. The van der Waals surface area contributed by atoms with Gasteiger partial charge in [-0.1, -0.05) is 0 Å². The minimum absolute atomic E-state index is 0.168. The van der Waals surface area contributed by atoms with Crippen molar-refractivity contribution in [2.75, 3.05) is 24.5 Å². The van der Waals surface area contributed by atoms with E-state index in [-0.39, 0.29) is 11.7 Å². The van der Waals surface area contributed by atoms with Crippen LogP contribution < -0.4 is 10.2 Å². The number of pyridine rings is 1. The van der Waals surface area contributed by atoms with Crippen LogP contribution in [0.4, 0.5) is 5.69 Å². The summed E-state index contributed by atoms with van der Waals surface area (Å²) in [5.41, 5.74) is 2.10. The van der Waals surface area contributed by atoms with Gasteiger partial charge in [0.05, 0.1) is 0 Å². The largest absolute Gasteiger partial charge is 0.371 e. The molecule has 1 fully saturated rings. The SMILES string of the molecule is Cc1ccnc2nc(C(=O)NCC3CCN(c4ccncc4)CC3)nn12. The van der Waals surface area contributed by atoms with Gasteiger partial charge in [-0.05, 0) is 43.9 Å². The lowest BCUT2D eigenvalue weighted by Gasteiger charge is -2.33. The minimum Gasteiger partial charge on any atom is -0.371 e. The third-order valence-electron chi connectivity index (χ3n) is 4.83. The van der Waals surface area contributed by atoms with Crippen LogP contribution in [0.15, 0.2) is 36.8 Å². The van der Waals surface area contributed by atoms with E-state index in [1.54, 1.807) is 10.7 Å². The summed E-state index contributed by atoms with van der Waals surface area (Å²) in [7, 11) is 0. The predicted octanol–water partition coefficient (Wildman–Crippen LogP) is 1.47. The van der Waals surface area contributed by atoms with Gasteiger partial charge in [0.25, 0.3) is 11.7 Å². The number of hydrogen-bond donors (Lipinski definition) is 1. The standard InChI is InChI=1S/C18H21N7O/c1-13-2-9-20-18-22-16(23-25(13)18)17(26)21-12-14-5-10-24(11-6-14)15-3-7-19-8-4-15/h2-4,7-9,14H,5-6,10-12H2,1H3,(H,21,26). The van der Waals surface area contributed by atoms with Crippen molar-refractivity contribution in [2.24, 2.45) is 5.92 Å². The zero-order chi connectivity index (χ0) is 17.9. The molecule has 0 saturated carbocycles. The van der Waals surface area contributed by atoms with Crippen LogP contribution in [0, 0.1) is 12.8 Å².